The highest BCUT2D eigenvalue weighted by atomic mass is 16.5. The Morgan fingerprint density at radius 2 is 2.00 bits per heavy atom. The zero-order valence-electron chi connectivity index (χ0n) is 14.0. The first kappa shape index (κ1) is 16.8. The fourth-order valence-corrected chi connectivity index (χ4v) is 2.76. The second-order valence-corrected chi connectivity index (χ2v) is 5.92. The van der Waals surface area contributed by atoms with E-state index in [1.54, 1.807) is 0 Å². The highest BCUT2D eigenvalue weighted by Crippen LogP contribution is 2.25. The topological polar surface area (TPSA) is 78.9 Å². The molecule has 25 heavy (non-hydrogen) atoms. The third-order valence-corrected chi connectivity index (χ3v) is 4.12. The van der Waals surface area contributed by atoms with Gasteiger partial charge in [0.05, 0.1) is 18.7 Å². The lowest BCUT2D eigenvalue weighted by Gasteiger charge is -2.10. The van der Waals surface area contributed by atoms with Crippen molar-refractivity contribution >= 4 is 22.6 Å². The average Bonchev–Trinajstić information content (AvgIpc) is 2.89. The molecular weight excluding hydrogens is 320 g/mol. The maximum atomic E-state index is 12.0. The molecule has 2 aromatic rings. The summed E-state index contributed by atoms with van der Waals surface area (Å²) in [4.78, 5) is 24.8. The Kier molecular flexibility index (Phi) is 4.88. The fraction of sp³-hybridized carbons (Fsp3) is 0.263. The molecule has 0 saturated carbocycles. The molecule has 0 spiro atoms. The van der Waals surface area contributed by atoms with Crippen molar-refractivity contribution in [2.24, 2.45) is 0 Å². The van der Waals surface area contributed by atoms with Crippen molar-refractivity contribution in [2.75, 3.05) is 26.7 Å². The monoisotopic (exact) mass is 340 g/mol. The first-order valence-electron chi connectivity index (χ1n) is 8.14. The minimum atomic E-state index is -0.524. The summed E-state index contributed by atoms with van der Waals surface area (Å²) in [6.07, 6.45) is 0.618. The van der Waals surface area contributed by atoms with Crippen LogP contribution in [0.3, 0.4) is 0 Å². The van der Waals surface area contributed by atoms with Crippen LogP contribution in [-0.2, 0) is 9.59 Å². The van der Waals surface area contributed by atoms with Crippen molar-refractivity contribution in [1.29, 1.82) is 0 Å². The standard InChI is InChI=1S/C19H20N2O4/c1-21-12-15(17(22)19(21)24)18(23)20-10-5-11-25-16-9-4-7-13-6-2-3-8-14(13)16/h2-4,6-9,22H,5,10-12H2,1H3,(H,20,23). The Hall–Kier alpha value is -3.02. The summed E-state index contributed by atoms with van der Waals surface area (Å²) in [7, 11) is 1.54. The molecule has 0 atom stereocenters. The number of amides is 2. The van der Waals surface area contributed by atoms with Crippen LogP contribution in [0.5, 0.6) is 5.75 Å². The normalized spacial score (nSPS) is 14.3. The van der Waals surface area contributed by atoms with E-state index in [0.29, 0.717) is 19.6 Å². The number of ether oxygens (including phenoxy) is 1. The molecule has 2 N–H and O–H groups in total. The van der Waals surface area contributed by atoms with Gasteiger partial charge in [0.2, 0.25) is 0 Å². The second-order valence-electron chi connectivity index (χ2n) is 5.92. The van der Waals surface area contributed by atoms with Gasteiger partial charge in [-0.15, -0.1) is 0 Å². The number of hydrogen-bond donors (Lipinski definition) is 2. The number of nitrogens with one attached hydrogen (secondary N) is 1. The molecule has 0 fully saturated rings. The number of nitrogens with zero attached hydrogens (tertiary/aromatic N) is 1. The molecule has 1 heterocycles. The smallest absolute Gasteiger partial charge is 0.289 e. The molecule has 1 aliphatic rings. The molecule has 3 rings (SSSR count). The van der Waals surface area contributed by atoms with Crippen molar-refractivity contribution in [2.45, 2.75) is 6.42 Å². The molecule has 6 nitrogen and oxygen atoms in total. The third kappa shape index (κ3) is 3.57. The van der Waals surface area contributed by atoms with Crippen LogP contribution in [0.1, 0.15) is 6.42 Å². The van der Waals surface area contributed by atoms with Crippen LogP contribution in [0.25, 0.3) is 10.8 Å². The number of likely N-dealkylation sites (N-methyl/N-ethyl adjacent to an activating group) is 1. The quantitative estimate of drug-likeness (QED) is 0.789. The van der Waals surface area contributed by atoms with Crippen molar-refractivity contribution in [1.82, 2.24) is 10.2 Å². The molecule has 0 aromatic heterocycles. The first-order valence-corrected chi connectivity index (χ1v) is 8.14. The molecular formula is C19H20N2O4. The Bertz CT molecular complexity index is 839. The predicted molar refractivity (Wildman–Crippen MR) is 94.4 cm³/mol. The summed E-state index contributed by atoms with van der Waals surface area (Å²) in [5, 5.41) is 14.5. The van der Waals surface area contributed by atoms with Crippen molar-refractivity contribution in [3.05, 3.63) is 53.8 Å². The van der Waals surface area contributed by atoms with E-state index in [1.807, 2.05) is 42.5 Å². The van der Waals surface area contributed by atoms with Crippen LogP contribution in [-0.4, -0.2) is 48.6 Å². The lowest BCUT2D eigenvalue weighted by Crippen LogP contribution is -2.29. The Morgan fingerprint density at radius 3 is 2.76 bits per heavy atom. The Balaban J connectivity index is 1.48. The van der Waals surface area contributed by atoms with Gasteiger partial charge in [0.1, 0.15) is 5.75 Å². The molecule has 2 amide bonds. The molecule has 0 radical (unpaired) electrons. The predicted octanol–water partition coefficient (Wildman–Crippen LogP) is 2.01. The first-order chi connectivity index (χ1) is 12.1. The summed E-state index contributed by atoms with van der Waals surface area (Å²) >= 11 is 0. The van der Waals surface area contributed by atoms with E-state index in [0.717, 1.165) is 16.5 Å². The molecule has 0 saturated heterocycles. The molecule has 1 aliphatic heterocycles. The number of benzene rings is 2. The average molecular weight is 340 g/mol. The van der Waals surface area contributed by atoms with Crippen LogP contribution in [0, 0.1) is 0 Å². The van der Waals surface area contributed by atoms with Crippen molar-refractivity contribution in [3.63, 3.8) is 0 Å². The van der Waals surface area contributed by atoms with Gasteiger partial charge in [0.25, 0.3) is 11.8 Å². The number of rotatable bonds is 6. The minimum Gasteiger partial charge on any atom is -0.503 e. The van der Waals surface area contributed by atoms with Gasteiger partial charge in [-0.2, -0.15) is 0 Å². The Morgan fingerprint density at radius 1 is 1.24 bits per heavy atom. The number of hydrogen-bond acceptors (Lipinski definition) is 4. The molecule has 0 aliphatic carbocycles. The number of carbonyl (C=O) groups excluding carboxylic acids is 2. The minimum absolute atomic E-state index is 0.113. The summed E-state index contributed by atoms with van der Waals surface area (Å²) in [6.45, 7) is 0.986. The lowest BCUT2D eigenvalue weighted by molar-refractivity contribution is -0.126. The maximum Gasteiger partial charge on any atom is 0.289 e. The SMILES string of the molecule is CN1CC(C(=O)NCCCOc2cccc3ccccc23)=C(O)C1=O. The number of aliphatic hydroxyl groups excluding tert-OH is 1. The van der Waals surface area contributed by atoms with E-state index in [1.165, 1.54) is 11.9 Å². The van der Waals surface area contributed by atoms with Gasteiger partial charge in [-0.05, 0) is 17.9 Å². The highest BCUT2D eigenvalue weighted by Gasteiger charge is 2.31. The highest BCUT2D eigenvalue weighted by molar-refractivity contribution is 6.06. The van der Waals surface area contributed by atoms with Crippen LogP contribution < -0.4 is 10.1 Å². The summed E-state index contributed by atoms with van der Waals surface area (Å²) < 4.78 is 5.81. The van der Waals surface area contributed by atoms with Gasteiger partial charge in [-0.3, -0.25) is 9.59 Å². The van der Waals surface area contributed by atoms with Crippen molar-refractivity contribution < 1.29 is 19.4 Å². The van der Waals surface area contributed by atoms with Crippen LogP contribution in [0.15, 0.2) is 53.8 Å². The van der Waals surface area contributed by atoms with E-state index >= 15 is 0 Å². The molecule has 0 unspecified atom stereocenters. The van der Waals surface area contributed by atoms with Gasteiger partial charge in [-0.25, -0.2) is 0 Å². The summed E-state index contributed by atoms with van der Waals surface area (Å²) in [6, 6.07) is 13.9. The third-order valence-electron chi connectivity index (χ3n) is 4.12. The van der Waals surface area contributed by atoms with Gasteiger partial charge in [-0.1, -0.05) is 36.4 Å². The van der Waals surface area contributed by atoms with Gasteiger partial charge >= 0.3 is 0 Å². The van der Waals surface area contributed by atoms with E-state index in [9.17, 15) is 14.7 Å². The van der Waals surface area contributed by atoms with Crippen LogP contribution in [0.4, 0.5) is 0 Å². The van der Waals surface area contributed by atoms with E-state index in [2.05, 4.69) is 5.32 Å². The maximum absolute atomic E-state index is 12.0. The van der Waals surface area contributed by atoms with Crippen molar-refractivity contribution in [3.8, 4) is 5.75 Å². The second kappa shape index (κ2) is 7.25. The zero-order valence-corrected chi connectivity index (χ0v) is 14.0. The summed E-state index contributed by atoms with van der Waals surface area (Å²) in [5.74, 6) is -0.593. The molecule has 6 heteroatoms. The number of fused-ring (bicyclic) bond motifs is 1. The van der Waals surface area contributed by atoms with E-state index in [4.69, 9.17) is 4.74 Å². The van der Waals surface area contributed by atoms with Gasteiger partial charge in [0.15, 0.2) is 5.76 Å². The molecule has 130 valence electrons. The van der Waals surface area contributed by atoms with E-state index in [-0.39, 0.29) is 12.1 Å². The lowest BCUT2D eigenvalue weighted by atomic mass is 10.1. The van der Waals surface area contributed by atoms with Crippen LogP contribution >= 0.6 is 0 Å². The molecule has 0 bridgehead atoms. The van der Waals surface area contributed by atoms with Crippen LogP contribution in [0.2, 0.25) is 0 Å². The number of carbonyl (C=O) groups is 2. The van der Waals surface area contributed by atoms with Gasteiger partial charge < -0.3 is 20.1 Å². The zero-order chi connectivity index (χ0) is 17.8. The molecule has 2 aromatic carbocycles. The fourth-order valence-electron chi connectivity index (χ4n) is 2.76. The summed E-state index contributed by atoms with van der Waals surface area (Å²) in [5.41, 5.74) is 0.113. The van der Waals surface area contributed by atoms with Gasteiger partial charge in [0, 0.05) is 19.0 Å². The largest absolute Gasteiger partial charge is 0.503 e. The van der Waals surface area contributed by atoms with E-state index < -0.39 is 17.6 Å². The number of aliphatic hydroxyl groups is 1. The Labute approximate surface area is 145 Å².